The number of hydrogen-bond acceptors (Lipinski definition) is 5. The van der Waals surface area contributed by atoms with E-state index in [4.69, 9.17) is 4.42 Å². The molecular weight excluding hydrogens is 342 g/mol. The quantitative estimate of drug-likeness (QED) is 0.830. The number of nitrogens with one attached hydrogen (secondary N) is 1. The van der Waals surface area contributed by atoms with Gasteiger partial charge in [0.2, 0.25) is 0 Å². The summed E-state index contributed by atoms with van der Waals surface area (Å²) >= 11 is 3.17. The van der Waals surface area contributed by atoms with Gasteiger partial charge in [-0.1, -0.05) is 0 Å². The second-order valence-corrected chi connectivity index (χ2v) is 5.38. The Hall–Kier alpha value is -2.09. The smallest absolute Gasteiger partial charge is 0.358 e. The average molecular weight is 354 g/mol. The highest BCUT2D eigenvalue weighted by atomic mass is 79.9. The topological polar surface area (TPSA) is 88.4 Å². The monoisotopic (exact) mass is 353 g/mol. The summed E-state index contributed by atoms with van der Waals surface area (Å²) in [6.45, 7) is 0.851. The van der Waals surface area contributed by atoms with Crippen molar-refractivity contribution >= 4 is 27.8 Å². The molecule has 0 atom stereocenters. The van der Waals surface area contributed by atoms with Crippen molar-refractivity contribution in [3.63, 3.8) is 0 Å². The van der Waals surface area contributed by atoms with Gasteiger partial charge >= 0.3 is 5.97 Å². The Kier molecular flexibility index (Phi) is 3.54. The summed E-state index contributed by atoms with van der Waals surface area (Å²) in [5.74, 6) is -0.388. The molecule has 0 fully saturated rings. The zero-order chi connectivity index (χ0) is 15.0. The first kappa shape index (κ1) is 13.9. The Morgan fingerprint density at radius 2 is 2.29 bits per heavy atom. The van der Waals surface area contributed by atoms with Gasteiger partial charge in [0, 0.05) is 12.1 Å². The van der Waals surface area contributed by atoms with Gasteiger partial charge in [-0.15, -0.1) is 0 Å². The summed E-state index contributed by atoms with van der Waals surface area (Å²) < 4.78 is 10.5. The Labute approximate surface area is 128 Å². The summed E-state index contributed by atoms with van der Waals surface area (Å²) in [6.07, 6.45) is 0.546. The molecule has 0 saturated heterocycles. The number of hydrogen-bond donors (Lipinski definition) is 1. The minimum Gasteiger partial charge on any atom is -0.464 e. The van der Waals surface area contributed by atoms with Crippen LogP contribution in [-0.2, 0) is 17.7 Å². The molecule has 0 radical (unpaired) electrons. The first-order valence-electron chi connectivity index (χ1n) is 6.29. The first-order valence-corrected chi connectivity index (χ1v) is 7.08. The van der Waals surface area contributed by atoms with Gasteiger partial charge in [-0.3, -0.25) is 9.89 Å². The molecule has 1 aliphatic heterocycles. The van der Waals surface area contributed by atoms with E-state index in [1.54, 1.807) is 17.0 Å². The van der Waals surface area contributed by atoms with Crippen LogP contribution in [0, 0.1) is 0 Å². The maximum Gasteiger partial charge on any atom is 0.358 e. The SMILES string of the molecule is COC(=O)c1n[nH]c2c1CCN(C(=O)c1ccc(Br)o1)C2. The fourth-order valence-corrected chi connectivity index (χ4v) is 2.65. The van der Waals surface area contributed by atoms with E-state index in [0.717, 1.165) is 11.3 Å². The number of halogens is 1. The lowest BCUT2D eigenvalue weighted by molar-refractivity contribution is 0.0592. The molecule has 0 aromatic carbocycles. The fraction of sp³-hybridized carbons (Fsp3) is 0.308. The normalized spacial score (nSPS) is 13.9. The number of carbonyl (C=O) groups is 2. The highest BCUT2D eigenvalue weighted by Crippen LogP contribution is 2.23. The van der Waals surface area contributed by atoms with Crippen molar-refractivity contribution in [2.24, 2.45) is 0 Å². The molecule has 7 nitrogen and oxygen atoms in total. The molecule has 1 N–H and O–H groups in total. The summed E-state index contributed by atoms with van der Waals surface area (Å²) in [7, 11) is 1.32. The number of H-pyrrole nitrogens is 1. The van der Waals surface area contributed by atoms with Gasteiger partial charge in [0.15, 0.2) is 16.1 Å². The third-order valence-corrected chi connectivity index (χ3v) is 3.81. The molecule has 110 valence electrons. The van der Waals surface area contributed by atoms with Crippen molar-refractivity contribution in [3.05, 3.63) is 39.5 Å². The van der Waals surface area contributed by atoms with Gasteiger partial charge in [0.25, 0.3) is 5.91 Å². The molecule has 1 aliphatic rings. The standard InChI is InChI=1S/C13H12BrN3O4/c1-20-13(19)11-7-4-5-17(6-8(7)15-16-11)12(18)9-2-3-10(14)21-9/h2-3H,4-6H2,1H3,(H,15,16). The van der Waals surface area contributed by atoms with Crippen molar-refractivity contribution in [1.29, 1.82) is 0 Å². The van der Waals surface area contributed by atoms with Crippen molar-refractivity contribution in [2.75, 3.05) is 13.7 Å². The predicted molar refractivity (Wildman–Crippen MR) is 74.8 cm³/mol. The van der Waals surface area contributed by atoms with Gasteiger partial charge in [-0.25, -0.2) is 4.79 Å². The summed E-state index contributed by atoms with van der Waals surface area (Å²) in [6, 6.07) is 3.29. The van der Waals surface area contributed by atoms with Crippen LogP contribution in [0.4, 0.5) is 0 Å². The lowest BCUT2D eigenvalue weighted by Crippen LogP contribution is -2.36. The van der Waals surface area contributed by atoms with Crippen LogP contribution in [0.3, 0.4) is 0 Å². The maximum atomic E-state index is 12.3. The van der Waals surface area contributed by atoms with E-state index in [9.17, 15) is 9.59 Å². The van der Waals surface area contributed by atoms with Crippen LogP contribution in [0.5, 0.6) is 0 Å². The number of carbonyl (C=O) groups excluding carboxylic acids is 2. The molecule has 8 heteroatoms. The number of nitrogens with zero attached hydrogens (tertiary/aromatic N) is 2. The van der Waals surface area contributed by atoms with E-state index in [1.807, 2.05) is 0 Å². The van der Waals surface area contributed by atoms with Crippen molar-refractivity contribution in [2.45, 2.75) is 13.0 Å². The molecule has 0 saturated carbocycles. The molecule has 21 heavy (non-hydrogen) atoms. The van der Waals surface area contributed by atoms with Crippen LogP contribution in [0.25, 0.3) is 0 Å². The second kappa shape index (κ2) is 5.36. The van der Waals surface area contributed by atoms with E-state index < -0.39 is 5.97 Å². The Bertz CT molecular complexity index is 706. The number of aromatic nitrogens is 2. The number of esters is 1. The van der Waals surface area contributed by atoms with Gasteiger partial charge in [0.1, 0.15) is 0 Å². The molecular formula is C13H12BrN3O4. The van der Waals surface area contributed by atoms with Gasteiger partial charge in [0.05, 0.1) is 19.3 Å². The summed E-state index contributed by atoms with van der Waals surface area (Å²) in [4.78, 5) is 25.5. The number of furan rings is 1. The molecule has 0 bridgehead atoms. The molecule has 3 heterocycles. The number of aromatic amines is 1. The number of methoxy groups -OCH3 is 1. The molecule has 2 aromatic rings. The number of rotatable bonds is 2. The van der Waals surface area contributed by atoms with Crippen molar-refractivity contribution < 1.29 is 18.7 Å². The Morgan fingerprint density at radius 1 is 1.48 bits per heavy atom. The molecule has 0 spiro atoms. The largest absolute Gasteiger partial charge is 0.464 e. The van der Waals surface area contributed by atoms with Crippen molar-refractivity contribution in [1.82, 2.24) is 15.1 Å². The summed E-state index contributed by atoms with van der Waals surface area (Å²) in [5, 5.41) is 6.77. The van der Waals surface area contributed by atoms with E-state index in [0.29, 0.717) is 29.9 Å². The summed E-state index contributed by atoms with van der Waals surface area (Å²) in [5.41, 5.74) is 1.85. The van der Waals surface area contributed by atoms with Crippen LogP contribution >= 0.6 is 15.9 Å². The van der Waals surface area contributed by atoms with E-state index in [2.05, 4.69) is 30.9 Å². The van der Waals surface area contributed by atoms with Gasteiger partial charge in [-0.05, 0) is 34.5 Å². The number of amides is 1. The highest BCUT2D eigenvalue weighted by molar-refractivity contribution is 9.10. The number of ether oxygens (including phenoxy) is 1. The van der Waals surface area contributed by atoms with Crippen molar-refractivity contribution in [3.8, 4) is 0 Å². The maximum absolute atomic E-state index is 12.3. The minimum absolute atomic E-state index is 0.194. The first-order chi connectivity index (χ1) is 10.1. The van der Waals surface area contributed by atoms with Crippen LogP contribution in [0.1, 0.15) is 32.3 Å². The molecule has 3 rings (SSSR count). The third-order valence-electron chi connectivity index (χ3n) is 3.38. The van der Waals surface area contributed by atoms with E-state index in [-0.39, 0.29) is 11.7 Å². The number of fused-ring (bicyclic) bond motifs is 1. The molecule has 0 unspecified atom stereocenters. The fourth-order valence-electron chi connectivity index (χ4n) is 2.34. The van der Waals surface area contributed by atoms with Crippen LogP contribution in [0.15, 0.2) is 21.2 Å². The Morgan fingerprint density at radius 3 is 2.95 bits per heavy atom. The van der Waals surface area contributed by atoms with E-state index in [1.165, 1.54) is 7.11 Å². The van der Waals surface area contributed by atoms with Crippen LogP contribution in [0.2, 0.25) is 0 Å². The molecule has 0 aliphatic carbocycles. The lowest BCUT2D eigenvalue weighted by Gasteiger charge is -2.25. The van der Waals surface area contributed by atoms with Crippen LogP contribution in [-0.4, -0.2) is 40.6 Å². The van der Waals surface area contributed by atoms with Gasteiger partial charge < -0.3 is 14.1 Å². The predicted octanol–water partition coefficient (Wildman–Crippen LogP) is 1.75. The molecule has 2 aromatic heterocycles. The highest BCUT2D eigenvalue weighted by Gasteiger charge is 2.29. The molecule has 1 amide bonds. The van der Waals surface area contributed by atoms with E-state index >= 15 is 0 Å². The Balaban J connectivity index is 1.80. The zero-order valence-electron chi connectivity index (χ0n) is 11.2. The van der Waals surface area contributed by atoms with Gasteiger partial charge in [-0.2, -0.15) is 5.10 Å². The zero-order valence-corrected chi connectivity index (χ0v) is 12.8. The average Bonchev–Trinajstić information content (AvgIpc) is 3.11. The third kappa shape index (κ3) is 2.46. The minimum atomic E-state index is -0.470. The second-order valence-electron chi connectivity index (χ2n) is 4.60. The lowest BCUT2D eigenvalue weighted by atomic mass is 10.0. The van der Waals surface area contributed by atoms with Crippen LogP contribution < -0.4 is 0 Å².